The number of nitrogens with two attached hydrogens (primary N) is 1. The van der Waals surface area contributed by atoms with Gasteiger partial charge in [-0.2, -0.15) is 0 Å². The SMILES string of the molecule is C[C@@H]1[C@H](c2cc3c(Nc4ccc5scnc5c4)ccnc3s2)CCCN1CCCN. The van der Waals surface area contributed by atoms with Gasteiger partial charge in [0.25, 0.3) is 0 Å². The summed E-state index contributed by atoms with van der Waals surface area (Å²) in [6, 6.07) is 11.4. The van der Waals surface area contributed by atoms with Crippen molar-refractivity contribution in [1.82, 2.24) is 14.9 Å². The lowest BCUT2D eigenvalue weighted by atomic mass is 9.88. The van der Waals surface area contributed by atoms with E-state index >= 15 is 0 Å². The van der Waals surface area contributed by atoms with Gasteiger partial charge in [0.2, 0.25) is 0 Å². The van der Waals surface area contributed by atoms with Gasteiger partial charge >= 0.3 is 0 Å². The summed E-state index contributed by atoms with van der Waals surface area (Å²) in [5.74, 6) is 0.565. The predicted octanol–water partition coefficient (Wildman–Crippen LogP) is 5.57. The maximum Gasteiger partial charge on any atom is 0.125 e. The Balaban J connectivity index is 1.43. The number of benzene rings is 1. The van der Waals surface area contributed by atoms with Crippen molar-refractivity contribution in [2.75, 3.05) is 25.0 Å². The number of likely N-dealkylation sites (tertiary alicyclic amines) is 1. The molecule has 0 unspecified atom stereocenters. The first-order valence-corrected chi connectivity index (χ1v) is 12.4. The van der Waals surface area contributed by atoms with E-state index in [0.717, 1.165) is 41.2 Å². The molecule has 5 rings (SSSR count). The van der Waals surface area contributed by atoms with Crippen LogP contribution in [0.3, 0.4) is 0 Å². The fourth-order valence-electron chi connectivity index (χ4n) is 4.54. The van der Waals surface area contributed by atoms with E-state index < -0.39 is 0 Å². The summed E-state index contributed by atoms with van der Waals surface area (Å²) in [7, 11) is 0. The molecule has 0 amide bonds. The Kier molecular flexibility index (Phi) is 5.69. The summed E-state index contributed by atoms with van der Waals surface area (Å²) in [6.45, 7) is 5.43. The van der Waals surface area contributed by atoms with Gasteiger partial charge < -0.3 is 11.1 Å². The van der Waals surface area contributed by atoms with Crippen LogP contribution in [0.5, 0.6) is 0 Å². The van der Waals surface area contributed by atoms with E-state index in [2.05, 4.69) is 57.4 Å². The Morgan fingerprint density at radius 2 is 2.17 bits per heavy atom. The number of thiazole rings is 1. The monoisotopic (exact) mass is 437 g/mol. The molecule has 1 aliphatic rings. The lowest BCUT2D eigenvalue weighted by molar-refractivity contribution is 0.139. The first-order valence-electron chi connectivity index (χ1n) is 10.7. The van der Waals surface area contributed by atoms with Crippen molar-refractivity contribution in [1.29, 1.82) is 0 Å². The molecule has 0 bridgehead atoms. The van der Waals surface area contributed by atoms with Crippen LogP contribution in [0.1, 0.15) is 37.0 Å². The largest absolute Gasteiger partial charge is 0.355 e. The van der Waals surface area contributed by atoms with Crippen LogP contribution < -0.4 is 11.1 Å². The van der Waals surface area contributed by atoms with E-state index in [9.17, 15) is 0 Å². The first kappa shape index (κ1) is 19.9. The van der Waals surface area contributed by atoms with Crippen molar-refractivity contribution in [3.05, 3.63) is 46.9 Å². The Morgan fingerprint density at radius 3 is 3.07 bits per heavy atom. The first-order chi connectivity index (χ1) is 14.7. The molecule has 0 aliphatic carbocycles. The summed E-state index contributed by atoms with van der Waals surface area (Å²) >= 11 is 3.52. The fraction of sp³-hybridized carbons (Fsp3) is 0.391. The Hall–Kier alpha value is -2.06. The number of pyridine rings is 1. The van der Waals surface area contributed by atoms with Crippen LogP contribution in [0.4, 0.5) is 11.4 Å². The number of rotatable bonds is 6. The van der Waals surface area contributed by atoms with Gasteiger partial charge in [-0.3, -0.25) is 4.90 Å². The summed E-state index contributed by atoms with van der Waals surface area (Å²) in [5.41, 5.74) is 10.9. The number of nitrogens with one attached hydrogen (secondary N) is 1. The second-order valence-electron chi connectivity index (χ2n) is 8.05. The second-order valence-corrected chi connectivity index (χ2v) is 10.0. The van der Waals surface area contributed by atoms with Crippen LogP contribution in [0.2, 0.25) is 0 Å². The van der Waals surface area contributed by atoms with Crippen LogP contribution in [-0.4, -0.2) is 40.5 Å². The third kappa shape index (κ3) is 3.83. The van der Waals surface area contributed by atoms with Crippen molar-refractivity contribution in [3.8, 4) is 0 Å². The molecule has 4 aromatic rings. The molecule has 2 atom stereocenters. The van der Waals surface area contributed by atoms with Gasteiger partial charge in [0.15, 0.2) is 0 Å². The Morgan fingerprint density at radius 1 is 1.23 bits per heavy atom. The van der Waals surface area contributed by atoms with Gasteiger partial charge in [0, 0.05) is 34.1 Å². The molecule has 7 heteroatoms. The van der Waals surface area contributed by atoms with Gasteiger partial charge in [0.05, 0.1) is 21.4 Å². The van der Waals surface area contributed by atoms with Crippen molar-refractivity contribution in [3.63, 3.8) is 0 Å². The molecule has 4 heterocycles. The minimum atomic E-state index is 0.543. The zero-order valence-corrected chi connectivity index (χ0v) is 18.8. The number of thiophene rings is 1. The normalized spacial score (nSPS) is 20.2. The average molecular weight is 438 g/mol. The van der Waals surface area contributed by atoms with Gasteiger partial charge in [-0.25, -0.2) is 9.97 Å². The van der Waals surface area contributed by atoms with Crippen LogP contribution >= 0.6 is 22.7 Å². The van der Waals surface area contributed by atoms with E-state index in [-0.39, 0.29) is 0 Å². The third-order valence-corrected chi connectivity index (χ3v) is 8.18. The maximum absolute atomic E-state index is 5.75. The summed E-state index contributed by atoms with van der Waals surface area (Å²) in [6.07, 6.45) is 5.48. The van der Waals surface area contributed by atoms with Crippen LogP contribution in [0.15, 0.2) is 42.0 Å². The fourth-order valence-corrected chi connectivity index (χ4v) is 6.46. The molecule has 5 nitrogen and oxygen atoms in total. The highest BCUT2D eigenvalue weighted by Crippen LogP contribution is 2.40. The van der Waals surface area contributed by atoms with E-state index in [4.69, 9.17) is 5.73 Å². The third-order valence-electron chi connectivity index (χ3n) is 6.20. The van der Waals surface area contributed by atoms with Crippen LogP contribution in [0.25, 0.3) is 20.4 Å². The molecule has 1 aromatic carbocycles. The topological polar surface area (TPSA) is 67.1 Å². The molecule has 3 aromatic heterocycles. The molecular formula is C23H27N5S2. The number of hydrogen-bond donors (Lipinski definition) is 2. The maximum atomic E-state index is 5.75. The summed E-state index contributed by atoms with van der Waals surface area (Å²) in [4.78, 5) is 14.3. The van der Waals surface area contributed by atoms with Gasteiger partial charge in [-0.05, 0) is 76.2 Å². The Bertz CT molecular complexity index is 1150. The lowest BCUT2D eigenvalue weighted by Gasteiger charge is -2.39. The predicted molar refractivity (Wildman–Crippen MR) is 129 cm³/mol. The van der Waals surface area contributed by atoms with Gasteiger partial charge in [0.1, 0.15) is 4.83 Å². The van der Waals surface area contributed by atoms with Crippen molar-refractivity contribution in [2.45, 2.75) is 38.1 Å². The lowest BCUT2D eigenvalue weighted by Crippen LogP contribution is -2.42. The van der Waals surface area contributed by atoms with E-state index in [1.54, 1.807) is 11.3 Å². The second kappa shape index (κ2) is 8.59. The molecule has 1 aliphatic heterocycles. The standard InChI is InChI=1S/C23H27N5S2/c1-15-17(4-2-10-28(15)11-3-8-24)22-13-18-19(7-9-25-23(18)30-22)27-16-5-6-21-20(12-16)26-14-29-21/h5-7,9,12-15,17H,2-4,8,10-11,24H2,1H3,(H,25,27)/t15-,17-/m1/s1. The number of piperidine rings is 1. The molecular weight excluding hydrogens is 410 g/mol. The molecule has 1 saturated heterocycles. The van der Waals surface area contributed by atoms with E-state index in [0.29, 0.717) is 12.0 Å². The van der Waals surface area contributed by atoms with Crippen LogP contribution in [0, 0.1) is 0 Å². The summed E-state index contributed by atoms with van der Waals surface area (Å²) in [5, 5.41) is 4.81. The smallest absolute Gasteiger partial charge is 0.125 e. The quantitative estimate of drug-likeness (QED) is 0.413. The zero-order valence-electron chi connectivity index (χ0n) is 17.2. The molecule has 1 fully saturated rings. The molecule has 3 N–H and O–H groups in total. The molecule has 30 heavy (non-hydrogen) atoms. The molecule has 0 radical (unpaired) electrons. The Labute approximate surface area is 185 Å². The highest BCUT2D eigenvalue weighted by Gasteiger charge is 2.30. The molecule has 0 saturated carbocycles. The van der Waals surface area contributed by atoms with Crippen molar-refractivity contribution in [2.24, 2.45) is 5.73 Å². The number of anilines is 2. The van der Waals surface area contributed by atoms with Crippen molar-refractivity contribution < 1.29 is 0 Å². The van der Waals surface area contributed by atoms with Gasteiger partial charge in [-0.15, -0.1) is 22.7 Å². The highest BCUT2D eigenvalue weighted by molar-refractivity contribution is 7.18. The number of nitrogens with zero attached hydrogens (tertiary/aromatic N) is 3. The van der Waals surface area contributed by atoms with E-state index in [1.807, 2.05) is 23.0 Å². The number of hydrogen-bond acceptors (Lipinski definition) is 7. The zero-order chi connectivity index (χ0) is 20.5. The van der Waals surface area contributed by atoms with Crippen LogP contribution in [-0.2, 0) is 0 Å². The number of fused-ring (bicyclic) bond motifs is 2. The van der Waals surface area contributed by atoms with E-state index in [1.165, 1.54) is 34.3 Å². The van der Waals surface area contributed by atoms with Crippen molar-refractivity contribution >= 4 is 54.5 Å². The minimum absolute atomic E-state index is 0.543. The highest BCUT2D eigenvalue weighted by atomic mass is 32.1. The molecule has 0 spiro atoms. The minimum Gasteiger partial charge on any atom is -0.355 e. The average Bonchev–Trinajstić information content (AvgIpc) is 3.40. The summed E-state index contributed by atoms with van der Waals surface area (Å²) < 4.78 is 1.21. The molecule has 156 valence electrons. The number of aromatic nitrogens is 2. The van der Waals surface area contributed by atoms with Gasteiger partial charge in [-0.1, -0.05) is 0 Å².